The fourth-order valence-corrected chi connectivity index (χ4v) is 2.55. The second kappa shape index (κ2) is 7.17. The molecule has 2 unspecified atom stereocenters. The van der Waals surface area contributed by atoms with Crippen LogP contribution < -0.4 is 5.32 Å². The first-order valence-electron chi connectivity index (χ1n) is 6.16. The molecule has 1 fully saturated rings. The van der Waals surface area contributed by atoms with Crippen LogP contribution in [0, 0.1) is 5.92 Å². The van der Waals surface area contributed by atoms with E-state index in [-0.39, 0.29) is 17.9 Å². The lowest BCUT2D eigenvalue weighted by atomic mass is 9.86. The molecule has 0 aliphatic heterocycles. The molecular weight excluding hydrogens is 222 g/mol. The van der Waals surface area contributed by atoms with Crippen LogP contribution in [0.25, 0.3) is 0 Å². The van der Waals surface area contributed by atoms with E-state index < -0.39 is 0 Å². The number of aliphatic hydroxyl groups excluding tert-OH is 1. The molecule has 16 heavy (non-hydrogen) atoms. The fourth-order valence-electron chi connectivity index (χ4n) is 1.96. The average Bonchev–Trinajstić information content (AvgIpc) is 2.25. The van der Waals surface area contributed by atoms with Crippen LogP contribution in [0.2, 0.25) is 0 Å². The summed E-state index contributed by atoms with van der Waals surface area (Å²) >= 11 is 1.65. The number of hydrogen-bond donors (Lipinski definition) is 2. The minimum absolute atomic E-state index is 0.0940. The number of carbonyl (C=O) groups excluding carboxylic acids is 1. The summed E-state index contributed by atoms with van der Waals surface area (Å²) in [6, 6.07) is 0. The number of nitrogens with one attached hydrogen (secondary N) is 1. The summed E-state index contributed by atoms with van der Waals surface area (Å²) in [6.07, 6.45) is 4.01. The Kier molecular flexibility index (Phi) is 6.21. The smallest absolute Gasteiger partial charge is 0.230 e. The Bertz CT molecular complexity index is 221. The van der Waals surface area contributed by atoms with E-state index in [0.29, 0.717) is 17.5 Å². The zero-order chi connectivity index (χ0) is 12.0. The molecule has 2 atom stereocenters. The van der Waals surface area contributed by atoms with Gasteiger partial charge in [0.25, 0.3) is 0 Å². The highest BCUT2D eigenvalue weighted by molar-refractivity contribution is 8.00. The zero-order valence-corrected chi connectivity index (χ0v) is 11.1. The van der Waals surface area contributed by atoms with E-state index in [2.05, 4.69) is 19.2 Å². The van der Waals surface area contributed by atoms with Crippen LogP contribution in [0.4, 0.5) is 0 Å². The first kappa shape index (κ1) is 13.8. The molecule has 3 nitrogen and oxygen atoms in total. The van der Waals surface area contributed by atoms with Crippen molar-refractivity contribution in [1.82, 2.24) is 5.32 Å². The average molecular weight is 245 g/mol. The van der Waals surface area contributed by atoms with Crippen LogP contribution in [0.1, 0.15) is 39.5 Å². The van der Waals surface area contributed by atoms with Crippen LogP contribution in [0.3, 0.4) is 0 Å². The zero-order valence-electron chi connectivity index (χ0n) is 10.2. The molecule has 1 aliphatic rings. The second-order valence-electron chi connectivity index (χ2n) is 4.78. The quantitative estimate of drug-likeness (QED) is 0.776. The van der Waals surface area contributed by atoms with E-state index >= 15 is 0 Å². The molecule has 0 bridgehead atoms. The van der Waals surface area contributed by atoms with E-state index in [1.165, 1.54) is 6.42 Å². The molecule has 0 radical (unpaired) electrons. The molecule has 0 aromatic carbocycles. The molecule has 0 heterocycles. The van der Waals surface area contributed by atoms with Crippen molar-refractivity contribution in [3.05, 3.63) is 0 Å². The molecule has 2 N–H and O–H groups in total. The summed E-state index contributed by atoms with van der Waals surface area (Å²) in [4.78, 5) is 11.5. The van der Waals surface area contributed by atoms with Crippen molar-refractivity contribution >= 4 is 17.7 Å². The van der Waals surface area contributed by atoms with Gasteiger partial charge < -0.3 is 10.4 Å². The number of thioether (sulfide) groups is 1. The lowest BCUT2D eigenvalue weighted by molar-refractivity contribution is -0.119. The summed E-state index contributed by atoms with van der Waals surface area (Å²) in [5.74, 6) is 0.888. The fraction of sp³-hybridized carbons (Fsp3) is 0.917. The molecule has 0 aromatic heterocycles. The summed E-state index contributed by atoms with van der Waals surface area (Å²) in [5.41, 5.74) is 0. The molecule has 4 heteroatoms. The number of aliphatic hydroxyl groups is 1. The van der Waals surface area contributed by atoms with Gasteiger partial charge in [-0.15, -0.1) is 11.8 Å². The van der Waals surface area contributed by atoms with Crippen molar-refractivity contribution in [3.8, 4) is 0 Å². The molecule has 94 valence electrons. The van der Waals surface area contributed by atoms with Gasteiger partial charge in [-0.3, -0.25) is 4.79 Å². The SMILES string of the molecule is CC(C)SCC(=O)NCC1CCCCC1O. The van der Waals surface area contributed by atoms with Crippen molar-refractivity contribution < 1.29 is 9.90 Å². The van der Waals surface area contributed by atoms with Crippen molar-refractivity contribution in [2.45, 2.75) is 50.9 Å². The van der Waals surface area contributed by atoms with Crippen LogP contribution in [0.5, 0.6) is 0 Å². The first-order valence-corrected chi connectivity index (χ1v) is 7.21. The monoisotopic (exact) mass is 245 g/mol. The van der Waals surface area contributed by atoms with Crippen molar-refractivity contribution in [2.24, 2.45) is 5.92 Å². The third-order valence-corrected chi connectivity index (χ3v) is 4.07. The lowest BCUT2D eigenvalue weighted by Gasteiger charge is -2.27. The standard InChI is InChI=1S/C12H23NO2S/c1-9(2)16-8-12(15)13-7-10-5-3-4-6-11(10)14/h9-11,14H,3-8H2,1-2H3,(H,13,15). The minimum atomic E-state index is -0.216. The lowest BCUT2D eigenvalue weighted by Crippen LogP contribution is -2.37. The minimum Gasteiger partial charge on any atom is -0.393 e. The third-order valence-electron chi connectivity index (χ3n) is 2.98. The molecule has 1 rings (SSSR count). The highest BCUT2D eigenvalue weighted by atomic mass is 32.2. The summed E-state index contributed by atoms with van der Waals surface area (Å²) in [6.45, 7) is 4.81. The normalized spacial score (nSPS) is 25.8. The first-order chi connectivity index (χ1) is 7.59. The van der Waals surface area contributed by atoms with Gasteiger partial charge in [0.1, 0.15) is 0 Å². The molecule has 0 aromatic rings. The molecule has 0 saturated heterocycles. The predicted octanol–water partition coefficient (Wildman–Crippen LogP) is 1.80. The number of rotatable bonds is 5. The topological polar surface area (TPSA) is 49.3 Å². The third kappa shape index (κ3) is 5.21. The van der Waals surface area contributed by atoms with Gasteiger partial charge in [0.05, 0.1) is 11.9 Å². The number of hydrogen-bond acceptors (Lipinski definition) is 3. The van der Waals surface area contributed by atoms with Crippen molar-refractivity contribution in [2.75, 3.05) is 12.3 Å². The Morgan fingerprint density at radius 1 is 1.44 bits per heavy atom. The van der Waals surface area contributed by atoms with Gasteiger partial charge in [-0.05, 0) is 18.1 Å². The van der Waals surface area contributed by atoms with Gasteiger partial charge >= 0.3 is 0 Å². The molecule has 1 amide bonds. The Morgan fingerprint density at radius 2 is 2.12 bits per heavy atom. The molecule has 1 saturated carbocycles. The summed E-state index contributed by atoms with van der Waals surface area (Å²) < 4.78 is 0. The van der Waals surface area contributed by atoms with Crippen LogP contribution >= 0.6 is 11.8 Å². The Morgan fingerprint density at radius 3 is 2.75 bits per heavy atom. The summed E-state index contributed by atoms with van der Waals surface area (Å²) in [7, 11) is 0. The van der Waals surface area contributed by atoms with E-state index in [1.54, 1.807) is 11.8 Å². The second-order valence-corrected chi connectivity index (χ2v) is 6.34. The van der Waals surface area contributed by atoms with E-state index in [9.17, 15) is 9.90 Å². The maximum atomic E-state index is 11.5. The van der Waals surface area contributed by atoms with Crippen molar-refractivity contribution in [3.63, 3.8) is 0 Å². The van der Waals surface area contributed by atoms with Crippen molar-refractivity contribution in [1.29, 1.82) is 0 Å². The van der Waals surface area contributed by atoms with E-state index in [1.807, 2.05) is 0 Å². The van der Waals surface area contributed by atoms with Crippen LogP contribution in [0.15, 0.2) is 0 Å². The maximum Gasteiger partial charge on any atom is 0.230 e. The van der Waals surface area contributed by atoms with Gasteiger partial charge in [0, 0.05) is 12.5 Å². The van der Waals surface area contributed by atoms with Gasteiger partial charge in [-0.1, -0.05) is 26.7 Å². The molecular formula is C12H23NO2S. The van der Waals surface area contributed by atoms with Crippen LogP contribution in [-0.2, 0) is 4.79 Å². The van der Waals surface area contributed by atoms with E-state index in [0.717, 1.165) is 19.3 Å². The Balaban J connectivity index is 2.15. The maximum absolute atomic E-state index is 11.5. The van der Waals surface area contributed by atoms with Gasteiger partial charge in [-0.2, -0.15) is 0 Å². The Hall–Kier alpha value is -0.220. The number of carbonyl (C=O) groups is 1. The number of amides is 1. The van der Waals surface area contributed by atoms with Gasteiger partial charge in [0.15, 0.2) is 0 Å². The highest BCUT2D eigenvalue weighted by Crippen LogP contribution is 2.23. The predicted molar refractivity (Wildman–Crippen MR) is 68.6 cm³/mol. The molecule has 1 aliphatic carbocycles. The van der Waals surface area contributed by atoms with Gasteiger partial charge in [-0.25, -0.2) is 0 Å². The summed E-state index contributed by atoms with van der Waals surface area (Å²) in [5, 5.41) is 13.2. The highest BCUT2D eigenvalue weighted by Gasteiger charge is 2.23. The Labute approximate surface area is 102 Å². The largest absolute Gasteiger partial charge is 0.393 e. The van der Waals surface area contributed by atoms with E-state index in [4.69, 9.17) is 0 Å². The molecule has 0 spiro atoms. The van der Waals surface area contributed by atoms with Crippen LogP contribution in [-0.4, -0.2) is 34.7 Å². The van der Waals surface area contributed by atoms with Gasteiger partial charge in [0.2, 0.25) is 5.91 Å².